The molecule has 2 aliphatic heterocycles. The second kappa shape index (κ2) is 5.71. The first-order chi connectivity index (χ1) is 10.0. The zero-order valence-corrected chi connectivity index (χ0v) is 13.4. The highest BCUT2D eigenvalue weighted by Gasteiger charge is 2.51. The van der Waals surface area contributed by atoms with Crippen LogP contribution in [0.15, 0.2) is 0 Å². The van der Waals surface area contributed by atoms with Crippen LogP contribution in [-0.2, 0) is 20.4 Å². The van der Waals surface area contributed by atoms with Gasteiger partial charge >= 0.3 is 0 Å². The zero-order valence-electron chi connectivity index (χ0n) is 12.6. The van der Waals surface area contributed by atoms with E-state index in [4.69, 9.17) is 0 Å². The maximum absolute atomic E-state index is 13.1. The first kappa shape index (κ1) is 15.0. The van der Waals surface area contributed by atoms with Gasteiger partial charge in [0.25, 0.3) is 0 Å². The molecular weight excluding hydrogens is 288 g/mol. The van der Waals surface area contributed by atoms with Crippen LogP contribution >= 0.6 is 0 Å². The number of nitrogens with one attached hydrogen (secondary N) is 1. The highest BCUT2D eigenvalue weighted by Crippen LogP contribution is 2.35. The summed E-state index contributed by atoms with van der Waals surface area (Å²) in [6.45, 7) is 1.81. The van der Waals surface area contributed by atoms with Crippen LogP contribution in [0.4, 0.5) is 0 Å². The standard InChI is InChI=1S/C15H24N2O3S/c1-11-13(18)16-15(7-3-2-4-8-15)14(19)17(11)12-5-9-21(20)10-6-12/h11-12H,2-10H2,1H3,(H,16,18). The van der Waals surface area contributed by atoms with Gasteiger partial charge in [-0.1, -0.05) is 19.3 Å². The molecule has 1 aliphatic carbocycles. The molecule has 3 aliphatic rings. The normalized spacial score (nSPS) is 36.6. The summed E-state index contributed by atoms with van der Waals surface area (Å²) in [4.78, 5) is 27.3. The number of amides is 2. The summed E-state index contributed by atoms with van der Waals surface area (Å²) in [5.74, 6) is 1.38. The molecule has 6 heteroatoms. The third-order valence-corrected chi connectivity index (χ3v) is 6.64. The summed E-state index contributed by atoms with van der Waals surface area (Å²) < 4.78 is 11.5. The maximum atomic E-state index is 13.1. The molecule has 118 valence electrons. The minimum absolute atomic E-state index is 0.0248. The van der Waals surface area contributed by atoms with E-state index in [1.807, 2.05) is 11.8 Å². The molecule has 2 saturated heterocycles. The molecule has 0 aromatic heterocycles. The van der Waals surface area contributed by atoms with Gasteiger partial charge in [-0.25, -0.2) is 0 Å². The van der Waals surface area contributed by atoms with Crippen molar-refractivity contribution in [3.63, 3.8) is 0 Å². The van der Waals surface area contributed by atoms with Crippen molar-refractivity contribution in [3.8, 4) is 0 Å². The Labute approximate surface area is 128 Å². The van der Waals surface area contributed by atoms with Gasteiger partial charge in [0.05, 0.1) is 0 Å². The van der Waals surface area contributed by atoms with Gasteiger partial charge in [-0.15, -0.1) is 0 Å². The molecule has 0 bridgehead atoms. The van der Waals surface area contributed by atoms with Crippen LogP contribution in [0.3, 0.4) is 0 Å². The van der Waals surface area contributed by atoms with E-state index in [0.29, 0.717) is 11.5 Å². The van der Waals surface area contributed by atoms with E-state index in [-0.39, 0.29) is 17.9 Å². The lowest BCUT2D eigenvalue weighted by molar-refractivity contribution is -0.159. The van der Waals surface area contributed by atoms with E-state index in [0.717, 1.165) is 44.9 Å². The lowest BCUT2D eigenvalue weighted by Crippen LogP contribution is -2.72. The van der Waals surface area contributed by atoms with Crippen molar-refractivity contribution >= 4 is 22.6 Å². The second-order valence-electron chi connectivity index (χ2n) is 6.60. The van der Waals surface area contributed by atoms with E-state index in [9.17, 15) is 13.8 Å². The Hall–Kier alpha value is -0.910. The second-order valence-corrected chi connectivity index (χ2v) is 8.30. The summed E-state index contributed by atoms with van der Waals surface area (Å²) >= 11 is 0. The number of hydrogen-bond donors (Lipinski definition) is 1. The van der Waals surface area contributed by atoms with Crippen LogP contribution in [-0.4, -0.2) is 50.1 Å². The Bertz CT molecular complexity index is 464. The summed E-state index contributed by atoms with van der Waals surface area (Å²) in [5.41, 5.74) is -0.654. The number of nitrogens with zero attached hydrogens (tertiary/aromatic N) is 1. The minimum Gasteiger partial charge on any atom is -0.340 e. The monoisotopic (exact) mass is 312 g/mol. The molecule has 3 rings (SSSR count). The molecule has 1 atom stereocenters. The van der Waals surface area contributed by atoms with Crippen molar-refractivity contribution in [2.45, 2.75) is 69.5 Å². The van der Waals surface area contributed by atoms with Gasteiger partial charge in [-0.05, 0) is 32.6 Å². The predicted octanol–water partition coefficient (Wildman–Crippen LogP) is 0.947. The van der Waals surface area contributed by atoms with Crippen molar-refractivity contribution in [2.75, 3.05) is 11.5 Å². The molecule has 3 fully saturated rings. The molecular formula is C15H24N2O3S. The molecule has 1 spiro atoms. The van der Waals surface area contributed by atoms with E-state index in [2.05, 4.69) is 5.32 Å². The van der Waals surface area contributed by atoms with Crippen LogP contribution in [0.2, 0.25) is 0 Å². The molecule has 0 radical (unpaired) electrons. The number of carbonyl (C=O) groups excluding carboxylic acids is 2. The Kier molecular flexibility index (Phi) is 4.08. The van der Waals surface area contributed by atoms with E-state index in [1.165, 1.54) is 0 Å². The van der Waals surface area contributed by atoms with Crippen molar-refractivity contribution in [1.82, 2.24) is 10.2 Å². The topological polar surface area (TPSA) is 66.5 Å². The average molecular weight is 312 g/mol. The summed E-state index contributed by atoms with van der Waals surface area (Å²) in [7, 11) is -0.748. The Morgan fingerprint density at radius 3 is 2.38 bits per heavy atom. The molecule has 5 nitrogen and oxygen atoms in total. The first-order valence-electron chi connectivity index (χ1n) is 8.03. The molecule has 0 aromatic carbocycles. The van der Waals surface area contributed by atoms with E-state index < -0.39 is 22.4 Å². The highest BCUT2D eigenvalue weighted by atomic mass is 32.2. The molecule has 2 amide bonds. The summed E-state index contributed by atoms with van der Waals surface area (Å²) in [6.07, 6.45) is 6.19. The first-order valence-corrected chi connectivity index (χ1v) is 9.52. The SMILES string of the molecule is CC1C(=O)NC2(CCCCC2)C(=O)N1C1CCS(=O)CC1. The van der Waals surface area contributed by atoms with Crippen LogP contribution in [0, 0.1) is 0 Å². The number of rotatable bonds is 1. The van der Waals surface area contributed by atoms with Gasteiger partial charge in [0.15, 0.2) is 0 Å². The van der Waals surface area contributed by atoms with Crippen LogP contribution in [0.1, 0.15) is 51.9 Å². The molecule has 21 heavy (non-hydrogen) atoms. The van der Waals surface area contributed by atoms with Gasteiger partial charge in [0.2, 0.25) is 11.8 Å². The van der Waals surface area contributed by atoms with Gasteiger partial charge < -0.3 is 10.2 Å². The van der Waals surface area contributed by atoms with Crippen molar-refractivity contribution < 1.29 is 13.8 Å². The van der Waals surface area contributed by atoms with E-state index in [1.54, 1.807) is 0 Å². The third-order valence-electron chi connectivity index (χ3n) is 5.26. The number of piperazine rings is 1. The predicted molar refractivity (Wildman–Crippen MR) is 81.2 cm³/mol. The van der Waals surface area contributed by atoms with Gasteiger partial charge in [-0.3, -0.25) is 13.8 Å². The van der Waals surface area contributed by atoms with Crippen molar-refractivity contribution in [3.05, 3.63) is 0 Å². The molecule has 0 aromatic rings. The van der Waals surface area contributed by atoms with Crippen LogP contribution in [0.5, 0.6) is 0 Å². The summed E-state index contributed by atoms with van der Waals surface area (Å²) in [5, 5.41) is 3.02. The number of carbonyl (C=O) groups is 2. The molecule has 1 N–H and O–H groups in total. The van der Waals surface area contributed by atoms with Crippen molar-refractivity contribution in [2.24, 2.45) is 0 Å². The fraction of sp³-hybridized carbons (Fsp3) is 0.867. The lowest BCUT2D eigenvalue weighted by atomic mass is 9.78. The Morgan fingerprint density at radius 1 is 1.14 bits per heavy atom. The molecule has 2 heterocycles. The molecule has 1 saturated carbocycles. The third kappa shape index (κ3) is 2.62. The van der Waals surface area contributed by atoms with Gasteiger partial charge in [-0.2, -0.15) is 0 Å². The fourth-order valence-corrected chi connectivity index (χ4v) is 5.25. The van der Waals surface area contributed by atoms with E-state index >= 15 is 0 Å². The molecule has 1 unspecified atom stereocenters. The zero-order chi connectivity index (χ0) is 15.0. The van der Waals surface area contributed by atoms with Crippen molar-refractivity contribution in [1.29, 1.82) is 0 Å². The maximum Gasteiger partial charge on any atom is 0.249 e. The number of hydrogen-bond acceptors (Lipinski definition) is 3. The summed E-state index contributed by atoms with van der Waals surface area (Å²) in [6, 6.07) is -0.323. The lowest BCUT2D eigenvalue weighted by Gasteiger charge is -2.50. The average Bonchev–Trinajstić information content (AvgIpc) is 2.49. The van der Waals surface area contributed by atoms with Crippen LogP contribution < -0.4 is 5.32 Å². The fourth-order valence-electron chi connectivity index (χ4n) is 3.98. The quantitative estimate of drug-likeness (QED) is 0.784. The van der Waals surface area contributed by atoms with Gasteiger partial charge in [0, 0.05) is 28.3 Å². The van der Waals surface area contributed by atoms with Crippen LogP contribution in [0.25, 0.3) is 0 Å². The Balaban J connectivity index is 1.84. The largest absolute Gasteiger partial charge is 0.340 e. The minimum atomic E-state index is -0.748. The smallest absolute Gasteiger partial charge is 0.249 e. The van der Waals surface area contributed by atoms with Gasteiger partial charge in [0.1, 0.15) is 11.6 Å². The Morgan fingerprint density at radius 2 is 1.76 bits per heavy atom. The highest BCUT2D eigenvalue weighted by molar-refractivity contribution is 7.85.